The van der Waals surface area contributed by atoms with Gasteiger partial charge in [0.05, 0.1) is 0 Å². The van der Waals surface area contributed by atoms with Crippen LogP contribution in [0.2, 0.25) is 0 Å². The predicted molar refractivity (Wildman–Crippen MR) is 120 cm³/mol. The van der Waals surface area contributed by atoms with Gasteiger partial charge in [0.15, 0.2) is 11.5 Å². The van der Waals surface area contributed by atoms with Crippen molar-refractivity contribution < 1.29 is 14.4 Å². The summed E-state index contributed by atoms with van der Waals surface area (Å²) in [6.45, 7) is 7.11. The second-order valence-corrected chi connectivity index (χ2v) is 8.73. The van der Waals surface area contributed by atoms with E-state index in [1.54, 1.807) is 41.8 Å². The van der Waals surface area contributed by atoms with Gasteiger partial charge in [0.2, 0.25) is 5.91 Å². The Morgan fingerprint density at radius 1 is 1.00 bits per heavy atom. The highest BCUT2D eigenvalue weighted by molar-refractivity contribution is 7.03. The summed E-state index contributed by atoms with van der Waals surface area (Å²) in [4.78, 5) is 40.0. The normalized spacial score (nSPS) is 12.1. The van der Waals surface area contributed by atoms with Crippen molar-refractivity contribution in [3.63, 3.8) is 0 Å². The third-order valence-electron chi connectivity index (χ3n) is 4.47. The average Bonchev–Trinajstić information content (AvgIpc) is 3.26. The summed E-state index contributed by atoms with van der Waals surface area (Å²) in [5.74, 6) is -0.869. The molecule has 3 aromatic rings. The number of ketones is 1. The highest BCUT2D eigenvalue weighted by atomic mass is 32.1. The van der Waals surface area contributed by atoms with Crippen LogP contribution >= 0.6 is 11.5 Å². The fraction of sp³-hybridized carbons (Fsp3) is 0.261. The Labute approximate surface area is 185 Å². The van der Waals surface area contributed by atoms with Gasteiger partial charge >= 0.3 is 0 Å². The molecule has 0 aliphatic carbocycles. The van der Waals surface area contributed by atoms with Gasteiger partial charge in [0.1, 0.15) is 6.04 Å². The molecule has 160 valence electrons. The summed E-state index contributed by atoms with van der Waals surface area (Å²) in [6, 6.07) is 14.7. The number of nitrogens with one attached hydrogen (secondary N) is 1. The SMILES string of the molecule is CC(=O)c1ccc(N(C(=O)c2csnn2)[C@@H](C(=O)NC(C)(C)C)c2ccccc2)cc1. The van der Waals surface area contributed by atoms with Crippen molar-refractivity contribution in [3.8, 4) is 0 Å². The molecular weight excluding hydrogens is 412 g/mol. The lowest BCUT2D eigenvalue weighted by molar-refractivity contribution is -0.123. The average molecular weight is 437 g/mol. The van der Waals surface area contributed by atoms with Crippen molar-refractivity contribution in [2.45, 2.75) is 39.3 Å². The van der Waals surface area contributed by atoms with E-state index in [4.69, 9.17) is 0 Å². The molecule has 31 heavy (non-hydrogen) atoms. The van der Waals surface area contributed by atoms with Gasteiger partial charge in [-0.1, -0.05) is 34.8 Å². The van der Waals surface area contributed by atoms with E-state index in [2.05, 4.69) is 14.9 Å². The Morgan fingerprint density at radius 3 is 2.16 bits per heavy atom. The number of carbonyl (C=O) groups excluding carboxylic acids is 3. The minimum atomic E-state index is -0.946. The number of benzene rings is 2. The van der Waals surface area contributed by atoms with Crippen LogP contribution in [0, 0.1) is 0 Å². The number of amides is 2. The van der Waals surface area contributed by atoms with Crippen molar-refractivity contribution in [3.05, 3.63) is 76.8 Å². The van der Waals surface area contributed by atoms with E-state index in [0.717, 1.165) is 11.5 Å². The van der Waals surface area contributed by atoms with Crippen molar-refractivity contribution in [2.75, 3.05) is 4.90 Å². The summed E-state index contributed by atoms with van der Waals surface area (Å²) >= 11 is 1.06. The molecule has 7 nitrogen and oxygen atoms in total. The summed E-state index contributed by atoms with van der Waals surface area (Å²) in [5, 5.41) is 8.43. The Kier molecular flexibility index (Phi) is 6.60. The molecule has 0 aliphatic heterocycles. The number of hydrogen-bond acceptors (Lipinski definition) is 6. The number of aromatic nitrogens is 2. The Hall–Kier alpha value is -3.39. The maximum Gasteiger partial charge on any atom is 0.280 e. The van der Waals surface area contributed by atoms with Crippen LogP contribution in [0.3, 0.4) is 0 Å². The molecule has 1 aromatic heterocycles. The molecule has 0 spiro atoms. The molecule has 2 amide bonds. The Balaban J connectivity index is 2.15. The molecule has 1 atom stereocenters. The van der Waals surface area contributed by atoms with Gasteiger partial charge in [-0.25, -0.2) is 0 Å². The molecule has 1 N–H and O–H groups in total. The third kappa shape index (κ3) is 5.40. The van der Waals surface area contributed by atoms with Gasteiger partial charge in [-0.2, -0.15) is 0 Å². The number of carbonyl (C=O) groups is 3. The number of rotatable bonds is 6. The Bertz CT molecular complexity index is 1060. The van der Waals surface area contributed by atoms with Crippen molar-refractivity contribution in [1.82, 2.24) is 14.9 Å². The van der Waals surface area contributed by atoms with Crippen LogP contribution in [0.15, 0.2) is 60.0 Å². The summed E-state index contributed by atoms with van der Waals surface area (Å²) in [5.41, 5.74) is 1.28. The molecule has 0 saturated carbocycles. The standard InChI is InChI=1S/C23H24N4O3S/c1-15(28)16-10-12-18(13-11-16)27(22(30)19-14-31-26-25-19)20(17-8-6-5-7-9-17)21(29)24-23(2,3)4/h5-14,20H,1-4H3,(H,24,29)/t20-/m1/s1. The van der Waals surface area contributed by atoms with Crippen LogP contribution < -0.4 is 10.2 Å². The van der Waals surface area contributed by atoms with Crippen LogP contribution in [0.1, 0.15) is 60.1 Å². The molecule has 0 saturated heterocycles. The van der Waals surface area contributed by atoms with Crippen molar-refractivity contribution in [2.24, 2.45) is 0 Å². The first-order valence-corrected chi connectivity index (χ1v) is 10.6. The maximum atomic E-state index is 13.5. The molecule has 0 aliphatic rings. The van der Waals surface area contributed by atoms with Gasteiger partial charge in [-0.3, -0.25) is 19.3 Å². The maximum absolute atomic E-state index is 13.5. The zero-order valence-corrected chi connectivity index (χ0v) is 18.6. The summed E-state index contributed by atoms with van der Waals surface area (Å²) in [6.07, 6.45) is 0. The lowest BCUT2D eigenvalue weighted by atomic mass is 10.00. The molecule has 0 fully saturated rings. The lowest BCUT2D eigenvalue weighted by Gasteiger charge is -2.33. The lowest BCUT2D eigenvalue weighted by Crippen LogP contribution is -2.49. The largest absolute Gasteiger partial charge is 0.349 e. The first-order valence-electron chi connectivity index (χ1n) is 9.76. The summed E-state index contributed by atoms with van der Waals surface area (Å²) in [7, 11) is 0. The molecule has 2 aromatic carbocycles. The highest BCUT2D eigenvalue weighted by Gasteiger charge is 2.35. The smallest absolute Gasteiger partial charge is 0.280 e. The zero-order chi connectivity index (χ0) is 22.6. The fourth-order valence-corrected chi connectivity index (χ4v) is 3.54. The van der Waals surface area contributed by atoms with E-state index in [9.17, 15) is 14.4 Å². The van der Waals surface area contributed by atoms with E-state index in [1.807, 2.05) is 39.0 Å². The first-order chi connectivity index (χ1) is 14.7. The van der Waals surface area contributed by atoms with Gasteiger partial charge < -0.3 is 5.32 Å². The number of Topliss-reactive ketones (excluding diaryl/α,β-unsaturated/α-hetero) is 1. The van der Waals surface area contributed by atoms with Crippen LogP contribution in [-0.4, -0.2) is 32.7 Å². The molecule has 0 bridgehead atoms. The van der Waals surface area contributed by atoms with E-state index in [-0.39, 0.29) is 17.4 Å². The number of anilines is 1. The first kappa shape index (κ1) is 22.3. The molecule has 1 heterocycles. The van der Waals surface area contributed by atoms with E-state index >= 15 is 0 Å². The molecular formula is C23H24N4O3S. The van der Waals surface area contributed by atoms with E-state index in [1.165, 1.54) is 11.8 Å². The second-order valence-electron chi connectivity index (χ2n) is 8.12. The van der Waals surface area contributed by atoms with Crippen molar-refractivity contribution in [1.29, 1.82) is 0 Å². The van der Waals surface area contributed by atoms with Gasteiger partial charge in [0.25, 0.3) is 5.91 Å². The minimum absolute atomic E-state index is 0.0850. The van der Waals surface area contributed by atoms with Crippen LogP contribution in [0.4, 0.5) is 5.69 Å². The topological polar surface area (TPSA) is 92.3 Å². The van der Waals surface area contributed by atoms with Crippen LogP contribution in [0.25, 0.3) is 0 Å². The molecule has 0 radical (unpaired) electrons. The van der Waals surface area contributed by atoms with Gasteiger partial charge in [0, 0.05) is 22.2 Å². The zero-order valence-electron chi connectivity index (χ0n) is 17.8. The quantitative estimate of drug-likeness (QED) is 0.589. The fourth-order valence-electron chi connectivity index (χ4n) is 3.11. The van der Waals surface area contributed by atoms with E-state index < -0.39 is 17.5 Å². The number of nitrogens with zero attached hydrogens (tertiary/aromatic N) is 3. The third-order valence-corrected chi connectivity index (χ3v) is 4.97. The van der Waals surface area contributed by atoms with Crippen molar-refractivity contribution >= 4 is 34.8 Å². The molecule has 3 rings (SSSR count). The minimum Gasteiger partial charge on any atom is -0.349 e. The Morgan fingerprint density at radius 2 is 1.65 bits per heavy atom. The van der Waals surface area contributed by atoms with E-state index in [0.29, 0.717) is 16.8 Å². The van der Waals surface area contributed by atoms with Gasteiger partial charge in [-0.05, 0) is 69.1 Å². The number of hydrogen-bond donors (Lipinski definition) is 1. The summed E-state index contributed by atoms with van der Waals surface area (Å²) < 4.78 is 3.79. The predicted octanol–water partition coefficient (Wildman–Crippen LogP) is 4.04. The molecule has 0 unspecified atom stereocenters. The second kappa shape index (κ2) is 9.18. The van der Waals surface area contributed by atoms with Gasteiger partial charge in [-0.15, -0.1) is 5.10 Å². The van der Waals surface area contributed by atoms with Crippen LogP contribution in [0.5, 0.6) is 0 Å². The van der Waals surface area contributed by atoms with Crippen LogP contribution in [-0.2, 0) is 4.79 Å². The molecule has 8 heteroatoms. The highest BCUT2D eigenvalue weighted by Crippen LogP contribution is 2.30. The monoisotopic (exact) mass is 436 g/mol.